The van der Waals surface area contributed by atoms with Gasteiger partial charge >= 0.3 is 0 Å². The van der Waals surface area contributed by atoms with Gasteiger partial charge < -0.3 is 10.1 Å². The molecule has 0 saturated carbocycles. The van der Waals surface area contributed by atoms with Gasteiger partial charge in [0.15, 0.2) is 6.61 Å². The fraction of sp³-hybridized carbons (Fsp3) is 0.533. The van der Waals surface area contributed by atoms with Crippen molar-refractivity contribution in [1.82, 2.24) is 10.2 Å². The highest BCUT2D eigenvalue weighted by Crippen LogP contribution is 2.18. The van der Waals surface area contributed by atoms with E-state index in [0.29, 0.717) is 18.3 Å². The summed E-state index contributed by atoms with van der Waals surface area (Å²) in [5, 5.41) is 2.96. The third-order valence-corrected chi connectivity index (χ3v) is 4.10. The molecule has 1 atom stereocenters. The van der Waals surface area contributed by atoms with E-state index >= 15 is 0 Å². The van der Waals surface area contributed by atoms with E-state index in [2.05, 4.69) is 33.1 Å². The molecule has 0 aliphatic carbocycles. The zero-order valence-corrected chi connectivity index (χ0v) is 13.4. The molecule has 5 heteroatoms. The molecule has 0 spiro atoms. The van der Waals surface area contributed by atoms with E-state index in [4.69, 9.17) is 4.74 Å². The molecule has 1 amide bonds. The van der Waals surface area contributed by atoms with Crippen LogP contribution in [0.5, 0.6) is 5.75 Å². The average molecular weight is 341 g/mol. The number of amides is 1. The average Bonchev–Trinajstić information content (AvgIpc) is 2.90. The number of halogens is 1. The van der Waals surface area contributed by atoms with Crippen molar-refractivity contribution in [3.05, 3.63) is 28.7 Å². The summed E-state index contributed by atoms with van der Waals surface area (Å²) in [5.41, 5.74) is 0. The first-order valence-corrected chi connectivity index (χ1v) is 7.87. The van der Waals surface area contributed by atoms with Crippen LogP contribution in [0.15, 0.2) is 28.7 Å². The fourth-order valence-corrected chi connectivity index (χ4v) is 2.91. The Labute approximate surface area is 128 Å². The maximum atomic E-state index is 11.8. The van der Waals surface area contributed by atoms with E-state index in [-0.39, 0.29) is 12.5 Å². The Bertz CT molecular complexity index is 453. The summed E-state index contributed by atoms with van der Waals surface area (Å²) in [7, 11) is 0. The lowest BCUT2D eigenvalue weighted by Crippen LogP contribution is -2.41. The Morgan fingerprint density at radius 2 is 2.40 bits per heavy atom. The van der Waals surface area contributed by atoms with Crippen LogP contribution in [0.3, 0.4) is 0 Å². The molecule has 0 bridgehead atoms. The van der Waals surface area contributed by atoms with Gasteiger partial charge in [0.2, 0.25) is 0 Å². The van der Waals surface area contributed by atoms with Crippen LogP contribution >= 0.6 is 15.9 Å². The monoisotopic (exact) mass is 340 g/mol. The molecule has 1 N–H and O–H groups in total. The topological polar surface area (TPSA) is 41.6 Å². The van der Waals surface area contributed by atoms with E-state index < -0.39 is 0 Å². The van der Waals surface area contributed by atoms with E-state index in [9.17, 15) is 4.79 Å². The van der Waals surface area contributed by atoms with Crippen molar-refractivity contribution in [2.45, 2.75) is 25.8 Å². The lowest BCUT2D eigenvalue weighted by molar-refractivity contribution is -0.123. The summed E-state index contributed by atoms with van der Waals surface area (Å²) in [5.74, 6) is 0.638. The molecule has 1 fully saturated rings. The van der Waals surface area contributed by atoms with Crippen molar-refractivity contribution < 1.29 is 9.53 Å². The number of rotatable bonds is 6. The Morgan fingerprint density at radius 1 is 1.55 bits per heavy atom. The normalized spacial score (nSPS) is 19.0. The van der Waals surface area contributed by atoms with Crippen LogP contribution in [0.4, 0.5) is 0 Å². The first-order valence-electron chi connectivity index (χ1n) is 7.08. The molecular weight excluding hydrogens is 320 g/mol. The number of carbonyl (C=O) groups is 1. The van der Waals surface area contributed by atoms with Crippen LogP contribution in [-0.2, 0) is 4.79 Å². The second-order valence-corrected chi connectivity index (χ2v) is 5.89. The number of likely N-dealkylation sites (tertiary alicyclic amines) is 1. The van der Waals surface area contributed by atoms with Gasteiger partial charge in [0.05, 0.1) is 0 Å². The Morgan fingerprint density at radius 3 is 3.15 bits per heavy atom. The maximum Gasteiger partial charge on any atom is 0.257 e. The summed E-state index contributed by atoms with van der Waals surface area (Å²) < 4.78 is 6.41. The second kappa shape index (κ2) is 7.64. The van der Waals surface area contributed by atoms with Crippen LogP contribution < -0.4 is 10.1 Å². The minimum atomic E-state index is -0.0621. The van der Waals surface area contributed by atoms with Crippen LogP contribution in [0, 0.1) is 0 Å². The highest BCUT2D eigenvalue weighted by atomic mass is 79.9. The molecule has 1 saturated heterocycles. The van der Waals surface area contributed by atoms with E-state index in [1.165, 1.54) is 12.8 Å². The number of nitrogens with one attached hydrogen (secondary N) is 1. The number of likely N-dealkylation sites (N-methyl/N-ethyl adjacent to an activating group) is 1. The molecule has 0 aromatic heterocycles. The van der Waals surface area contributed by atoms with Crippen molar-refractivity contribution in [1.29, 1.82) is 0 Å². The van der Waals surface area contributed by atoms with Gasteiger partial charge in [-0.05, 0) is 44.1 Å². The minimum Gasteiger partial charge on any atom is -0.484 e. The highest BCUT2D eigenvalue weighted by Gasteiger charge is 2.23. The molecule has 1 aromatic rings. The molecule has 1 heterocycles. The van der Waals surface area contributed by atoms with E-state index in [0.717, 1.165) is 17.6 Å². The summed E-state index contributed by atoms with van der Waals surface area (Å²) in [4.78, 5) is 14.2. The molecule has 0 radical (unpaired) electrons. The lowest BCUT2D eigenvalue weighted by Gasteiger charge is -2.22. The first kappa shape index (κ1) is 15.3. The highest BCUT2D eigenvalue weighted by molar-refractivity contribution is 9.10. The lowest BCUT2D eigenvalue weighted by atomic mass is 10.2. The zero-order chi connectivity index (χ0) is 14.4. The largest absolute Gasteiger partial charge is 0.484 e. The number of nitrogens with zero attached hydrogens (tertiary/aromatic N) is 1. The van der Waals surface area contributed by atoms with Crippen molar-refractivity contribution in [3.63, 3.8) is 0 Å². The standard InChI is InChI=1S/C15H21BrN2O2/c1-2-18-8-4-6-13(18)10-17-15(19)11-20-14-7-3-5-12(16)9-14/h3,5,7,9,13H,2,4,6,8,10-11H2,1H3,(H,17,19). The summed E-state index contributed by atoms with van der Waals surface area (Å²) in [6.07, 6.45) is 2.39. The van der Waals surface area contributed by atoms with Crippen molar-refractivity contribution >= 4 is 21.8 Å². The van der Waals surface area contributed by atoms with Crippen LogP contribution in [0.25, 0.3) is 0 Å². The zero-order valence-electron chi connectivity index (χ0n) is 11.8. The molecule has 1 aromatic carbocycles. The third kappa shape index (κ3) is 4.49. The minimum absolute atomic E-state index is 0.0621. The maximum absolute atomic E-state index is 11.8. The Balaban J connectivity index is 1.70. The number of benzene rings is 1. The van der Waals surface area contributed by atoms with E-state index in [1.54, 1.807) is 0 Å². The number of ether oxygens (including phenoxy) is 1. The molecule has 2 rings (SSSR count). The van der Waals surface area contributed by atoms with Gasteiger partial charge in [-0.25, -0.2) is 0 Å². The molecule has 1 aliphatic heterocycles. The molecule has 110 valence electrons. The van der Waals surface area contributed by atoms with Gasteiger partial charge in [-0.3, -0.25) is 9.69 Å². The van der Waals surface area contributed by atoms with Crippen LogP contribution in [-0.4, -0.2) is 43.1 Å². The van der Waals surface area contributed by atoms with Crippen molar-refractivity contribution in [2.24, 2.45) is 0 Å². The summed E-state index contributed by atoms with van der Waals surface area (Å²) >= 11 is 3.37. The van der Waals surface area contributed by atoms with Crippen LogP contribution in [0.2, 0.25) is 0 Å². The molecule has 1 aliphatic rings. The van der Waals surface area contributed by atoms with Gasteiger partial charge in [-0.2, -0.15) is 0 Å². The second-order valence-electron chi connectivity index (χ2n) is 4.97. The number of hydrogen-bond donors (Lipinski definition) is 1. The predicted octanol–water partition coefficient (Wildman–Crippen LogP) is 2.43. The van der Waals surface area contributed by atoms with E-state index in [1.807, 2.05) is 24.3 Å². The third-order valence-electron chi connectivity index (χ3n) is 3.61. The van der Waals surface area contributed by atoms with Crippen molar-refractivity contribution in [2.75, 3.05) is 26.2 Å². The van der Waals surface area contributed by atoms with Gasteiger partial charge in [-0.1, -0.05) is 28.9 Å². The molecule has 20 heavy (non-hydrogen) atoms. The first-order chi connectivity index (χ1) is 9.69. The fourth-order valence-electron chi connectivity index (χ4n) is 2.53. The molecule has 4 nitrogen and oxygen atoms in total. The van der Waals surface area contributed by atoms with Gasteiger partial charge in [0.25, 0.3) is 5.91 Å². The van der Waals surface area contributed by atoms with Crippen molar-refractivity contribution in [3.8, 4) is 5.75 Å². The summed E-state index contributed by atoms with van der Waals surface area (Å²) in [6.45, 7) is 5.14. The Kier molecular flexibility index (Phi) is 5.86. The number of hydrogen-bond acceptors (Lipinski definition) is 3. The summed E-state index contributed by atoms with van der Waals surface area (Å²) in [6, 6.07) is 7.98. The Hall–Kier alpha value is -1.07. The van der Waals surface area contributed by atoms with Gasteiger partial charge in [0, 0.05) is 17.1 Å². The number of carbonyl (C=O) groups excluding carboxylic acids is 1. The smallest absolute Gasteiger partial charge is 0.257 e. The predicted molar refractivity (Wildman–Crippen MR) is 82.9 cm³/mol. The quantitative estimate of drug-likeness (QED) is 0.864. The van der Waals surface area contributed by atoms with Gasteiger partial charge in [0.1, 0.15) is 5.75 Å². The molecular formula is C15H21BrN2O2. The SMILES string of the molecule is CCN1CCCC1CNC(=O)COc1cccc(Br)c1. The molecule has 1 unspecified atom stereocenters. The van der Waals surface area contributed by atoms with Gasteiger partial charge in [-0.15, -0.1) is 0 Å². The van der Waals surface area contributed by atoms with Crippen LogP contribution in [0.1, 0.15) is 19.8 Å².